The number of aromatic nitrogens is 3. The summed E-state index contributed by atoms with van der Waals surface area (Å²) in [4.78, 5) is 28.3. The van der Waals surface area contributed by atoms with Crippen LogP contribution in [0.3, 0.4) is 0 Å². The van der Waals surface area contributed by atoms with E-state index in [9.17, 15) is 4.79 Å². The second-order valence-corrected chi connectivity index (χ2v) is 11.3. The molecule has 1 aliphatic rings. The Bertz CT molecular complexity index is 1480. The number of likely N-dealkylation sites (tertiary alicyclic amines) is 1. The predicted molar refractivity (Wildman–Crippen MR) is 169 cm³/mol. The lowest BCUT2D eigenvalue weighted by molar-refractivity contribution is -0.107. The molecule has 1 atom stereocenters. The summed E-state index contributed by atoms with van der Waals surface area (Å²) in [5.74, 6) is 1.72. The predicted octanol–water partition coefficient (Wildman–Crippen LogP) is 7.08. The van der Waals surface area contributed by atoms with Crippen molar-refractivity contribution in [1.82, 2.24) is 19.9 Å². The molecule has 0 radical (unpaired) electrons. The first-order chi connectivity index (χ1) is 21.1. The smallest absolute Gasteiger partial charge is 0.196 e. The van der Waals surface area contributed by atoms with Crippen LogP contribution in [0.2, 0.25) is 5.02 Å². The largest absolute Gasteiger partial charge is 0.457 e. The summed E-state index contributed by atoms with van der Waals surface area (Å²) in [5, 5.41) is 4.62. The Hall–Kier alpha value is -3.50. The Balaban J connectivity index is 1.21. The number of aromatic amines is 1. The van der Waals surface area contributed by atoms with Gasteiger partial charge in [0.1, 0.15) is 29.3 Å². The number of unbranched alkanes of at least 4 members (excludes halogenated alkanes) is 3. The van der Waals surface area contributed by atoms with Crippen molar-refractivity contribution in [3.05, 3.63) is 77.2 Å². The van der Waals surface area contributed by atoms with Gasteiger partial charge >= 0.3 is 0 Å². The summed E-state index contributed by atoms with van der Waals surface area (Å²) in [6, 6.07) is 14.8. The number of ketones is 1. The molecule has 9 nitrogen and oxygen atoms in total. The molecule has 228 valence electrons. The number of nitrogens with one attached hydrogen (secondary N) is 2. The standard InChI is InChI=1S/C33H40ClN5O4/c1-41-29(42-2)14-8-3-4-9-17-39-18-10-11-23(21-39)38-33-30-27(20-35-32(30)36-22-37-33)31(40)26-16-15-25(19-28(26)34)43-24-12-6-5-7-13-24/h5-7,12-13,15-16,19-20,22-23,29H,3-4,8-11,14,17-18,21H2,1-2H3,(H2,35,36,37,38)/t23-/m1/s1. The lowest BCUT2D eigenvalue weighted by atomic mass is 10.0. The summed E-state index contributed by atoms with van der Waals surface area (Å²) in [6.45, 7) is 3.11. The number of H-pyrrole nitrogens is 1. The van der Waals surface area contributed by atoms with Gasteiger partial charge < -0.3 is 29.4 Å². The first-order valence-corrected chi connectivity index (χ1v) is 15.4. The number of para-hydroxylation sites is 1. The Morgan fingerprint density at radius 2 is 1.86 bits per heavy atom. The monoisotopic (exact) mass is 605 g/mol. The fraction of sp³-hybridized carbons (Fsp3) is 0.424. The second kappa shape index (κ2) is 15.3. The highest BCUT2D eigenvalue weighted by atomic mass is 35.5. The van der Waals surface area contributed by atoms with Crippen LogP contribution in [0.4, 0.5) is 5.82 Å². The van der Waals surface area contributed by atoms with Gasteiger partial charge in [0.2, 0.25) is 0 Å². The summed E-state index contributed by atoms with van der Waals surface area (Å²) >= 11 is 6.59. The Morgan fingerprint density at radius 3 is 2.65 bits per heavy atom. The normalized spacial score (nSPS) is 15.7. The van der Waals surface area contributed by atoms with Crippen LogP contribution in [-0.4, -0.2) is 71.8 Å². The van der Waals surface area contributed by atoms with Gasteiger partial charge in [0.15, 0.2) is 12.1 Å². The van der Waals surface area contributed by atoms with Crippen molar-refractivity contribution in [3.63, 3.8) is 0 Å². The molecule has 0 unspecified atom stereocenters. The third kappa shape index (κ3) is 8.12. The van der Waals surface area contributed by atoms with Gasteiger partial charge in [-0.3, -0.25) is 4.79 Å². The molecule has 2 aromatic carbocycles. The lowest BCUT2D eigenvalue weighted by Crippen LogP contribution is -2.42. The SMILES string of the molecule is COC(CCCCCCN1CCC[C@@H](Nc2ncnc3[nH]cc(C(=O)c4ccc(Oc5ccccc5)cc4Cl)c23)C1)OC. The van der Waals surface area contributed by atoms with E-state index in [-0.39, 0.29) is 18.1 Å². The van der Waals surface area contributed by atoms with Crippen molar-refractivity contribution in [2.24, 2.45) is 0 Å². The highest BCUT2D eigenvalue weighted by Crippen LogP contribution is 2.32. The van der Waals surface area contributed by atoms with Crippen LogP contribution in [0.15, 0.2) is 61.1 Å². The Morgan fingerprint density at radius 1 is 1.05 bits per heavy atom. The number of halogens is 1. The average molecular weight is 606 g/mol. The fourth-order valence-electron chi connectivity index (χ4n) is 5.67. The second-order valence-electron chi connectivity index (χ2n) is 10.9. The van der Waals surface area contributed by atoms with Crippen LogP contribution in [0.5, 0.6) is 11.5 Å². The maximum atomic E-state index is 13.7. The number of methoxy groups -OCH3 is 2. The van der Waals surface area contributed by atoms with Crippen LogP contribution >= 0.6 is 11.6 Å². The van der Waals surface area contributed by atoms with Crippen LogP contribution in [0, 0.1) is 0 Å². The van der Waals surface area contributed by atoms with Crippen molar-refractivity contribution in [2.75, 3.05) is 39.2 Å². The van der Waals surface area contributed by atoms with Crippen LogP contribution in [0.1, 0.15) is 60.9 Å². The fourth-order valence-corrected chi connectivity index (χ4v) is 5.92. The van der Waals surface area contributed by atoms with E-state index in [1.54, 1.807) is 38.6 Å². The number of hydrogen-bond acceptors (Lipinski definition) is 8. The number of carbonyl (C=O) groups excluding carboxylic acids is 1. The van der Waals surface area contributed by atoms with Crippen molar-refractivity contribution in [2.45, 2.75) is 57.3 Å². The number of rotatable bonds is 15. The first kappa shape index (κ1) is 30.9. The maximum Gasteiger partial charge on any atom is 0.196 e. The van der Waals surface area contributed by atoms with Gasteiger partial charge in [-0.15, -0.1) is 0 Å². The lowest BCUT2D eigenvalue weighted by Gasteiger charge is -2.33. The van der Waals surface area contributed by atoms with Gasteiger partial charge in [0.25, 0.3) is 0 Å². The molecule has 10 heteroatoms. The highest BCUT2D eigenvalue weighted by molar-refractivity contribution is 6.35. The van der Waals surface area contributed by atoms with E-state index < -0.39 is 0 Å². The van der Waals surface area contributed by atoms with E-state index in [1.807, 2.05) is 30.3 Å². The Kier molecular flexibility index (Phi) is 11.0. The molecule has 0 spiro atoms. The summed E-state index contributed by atoms with van der Waals surface area (Å²) < 4.78 is 16.4. The molecule has 3 heterocycles. The summed E-state index contributed by atoms with van der Waals surface area (Å²) in [5.41, 5.74) is 1.48. The topological polar surface area (TPSA) is 102 Å². The van der Waals surface area contributed by atoms with Crippen LogP contribution in [0.25, 0.3) is 11.0 Å². The molecule has 4 aromatic rings. The summed E-state index contributed by atoms with van der Waals surface area (Å²) in [7, 11) is 3.38. The average Bonchev–Trinajstić information content (AvgIpc) is 3.47. The van der Waals surface area contributed by atoms with Crippen LogP contribution < -0.4 is 10.1 Å². The molecule has 2 aromatic heterocycles. The summed E-state index contributed by atoms with van der Waals surface area (Å²) in [6.07, 6.45) is 10.8. The quantitative estimate of drug-likeness (QED) is 0.0842. The minimum Gasteiger partial charge on any atom is -0.457 e. The third-order valence-corrected chi connectivity index (χ3v) is 8.23. The van der Waals surface area contributed by atoms with Gasteiger partial charge in [0, 0.05) is 44.6 Å². The molecule has 5 rings (SSSR count). The highest BCUT2D eigenvalue weighted by Gasteiger charge is 2.24. The third-order valence-electron chi connectivity index (χ3n) is 7.91. The van der Waals surface area contributed by atoms with Crippen molar-refractivity contribution < 1.29 is 19.0 Å². The number of hydrogen-bond donors (Lipinski definition) is 2. The van der Waals surface area contributed by atoms with E-state index >= 15 is 0 Å². The number of piperidine rings is 1. The van der Waals surface area contributed by atoms with Gasteiger partial charge in [-0.25, -0.2) is 9.97 Å². The van der Waals surface area contributed by atoms with E-state index in [1.165, 1.54) is 25.6 Å². The molecular weight excluding hydrogens is 566 g/mol. The molecule has 0 aliphatic carbocycles. The number of carbonyl (C=O) groups is 1. The number of ether oxygens (including phenoxy) is 3. The number of anilines is 1. The van der Waals surface area contributed by atoms with Crippen LogP contribution in [-0.2, 0) is 9.47 Å². The zero-order valence-corrected chi connectivity index (χ0v) is 25.6. The molecule has 1 saturated heterocycles. The minimum absolute atomic E-state index is 0.102. The molecule has 1 fully saturated rings. The number of benzene rings is 2. The van der Waals surface area contributed by atoms with E-state index in [0.29, 0.717) is 44.5 Å². The Labute approximate surface area is 257 Å². The van der Waals surface area contributed by atoms with Gasteiger partial charge in [-0.2, -0.15) is 0 Å². The molecule has 1 aliphatic heterocycles. The van der Waals surface area contributed by atoms with Crippen molar-refractivity contribution in [1.29, 1.82) is 0 Å². The molecule has 0 bridgehead atoms. The first-order valence-electron chi connectivity index (χ1n) is 15.0. The molecule has 2 N–H and O–H groups in total. The molecule has 0 amide bonds. The van der Waals surface area contributed by atoms with Gasteiger partial charge in [-0.05, 0) is 69.5 Å². The van der Waals surface area contributed by atoms with Crippen molar-refractivity contribution in [3.8, 4) is 11.5 Å². The van der Waals surface area contributed by atoms with Crippen molar-refractivity contribution >= 4 is 34.2 Å². The maximum absolute atomic E-state index is 13.7. The molecular formula is C33H40ClN5O4. The number of fused-ring (bicyclic) bond motifs is 1. The number of nitrogens with zero attached hydrogens (tertiary/aromatic N) is 3. The van der Waals surface area contributed by atoms with E-state index in [0.717, 1.165) is 45.3 Å². The van der Waals surface area contributed by atoms with E-state index in [2.05, 4.69) is 25.2 Å². The zero-order chi connectivity index (χ0) is 30.0. The molecule has 43 heavy (non-hydrogen) atoms. The van der Waals surface area contributed by atoms with Gasteiger partial charge in [-0.1, -0.05) is 42.6 Å². The molecule has 0 saturated carbocycles. The minimum atomic E-state index is -0.201. The van der Waals surface area contributed by atoms with Gasteiger partial charge in [0.05, 0.1) is 16.0 Å². The zero-order valence-electron chi connectivity index (χ0n) is 24.9. The van der Waals surface area contributed by atoms with E-state index in [4.69, 9.17) is 25.8 Å².